The van der Waals surface area contributed by atoms with Gasteiger partial charge in [0.2, 0.25) is 0 Å². The number of nitrogen functional groups attached to an aromatic ring is 1. The second kappa shape index (κ2) is 10.4. The van der Waals surface area contributed by atoms with E-state index < -0.39 is 41.5 Å². The van der Waals surface area contributed by atoms with Crippen molar-refractivity contribution in [2.24, 2.45) is 20.5 Å². The van der Waals surface area contributed by atoms with Gasteiger partial charge in [0, 0.05) is 17.1 Å². The van der Waals surface area contributed by atoms with Gasteiger partial charge in [0.25, 0.3) is 20.2 Å². The van der Waals surface area contributed by atoms with Crippen molar-refractivity contribution >= 4 is 59.4 Å². The number of phenolic OH excluding ortho intramolecular Hbond substituents is 1. The summed E-state index contributed by atoms with van der Waals surface area (Å²) in [6, 6.07) is 14.7. The van der Waals surface area contributed by atoms with Crippen LogP contribution in [0.25, 0.3) is 10.8 Å². The van der Waals surface area contributed by atoms with Crippen LogP contribution < -0.4 is 10.5 Å². The van der Waals surface area contributed by atoms with Crippen molar-refractivity contribution in [1.29, 1.82) is 0 Å². The van der Waals surface area contributed by atoms with Gasteiger partial charge < -0.3 is 15.6 Å². The normalized spacial score (nSPS) is 12.5. The van der Waals surface area contributed by atoms with Crippen LogP contribution in [0.3, 0.4) is 0 Å². The SMILES string of the molecule is COc1cc(/N=N/c2ccccc2)c(C)cc1/N=N/c1c(S(=O)(=O)O)cc2cc(S(=O)(=O)O)cc(N)c2c1O. The van der Waals surface area contributed by atoms with Crippen molar-refractivity contribution in [3.63, 3.8) is 0 Å². The number of azo groups is 2. The van der Waals surface area contributed by atoms with E-state index in [0.717, 1.165) is 18.2 Å². The molecular weight excluding hydrogens is 550 g/mol. The van der Waals surface area contributed by atoms with Crippen LogP contribution in [0.5, 0.6) is 11.5 Å². The van der Waals surface area contributed by atoms with Crippen LogP contribution in [0, 0.1) is 6.92 Å². The van der Waals surface area contributed by atoms with Crippen LogP contribution >= 0.6 is 0 Å². The Kier molecular flexibility index (Phi) is 7.34. The smallest absolute Gasteiger partial charge is 0.296 e. The highest BCUT2D eigenvalue weighted by Gasteiger charge is 2.25. The molecule has 0 fully saturated rings. The van der Waals surface area contributed by atoms with Crippen molar-refractivity contribution in [3.8, 4) is 11.5 Å². The second-order valence-corrected chi connectivity index (χ2v) is 11.0. The molecule has 0 radical (unpaired) electrons. The quantitative estimate of drug-likeness (QED) is 0.120. The highest BCUT2D eigenvalue weighted by atomic mass is 32.2. The lowest BCUT2D eigenvalue weighted by Gasteiger charge is -2.12. The summed E-state index contributed by atoms with van der Waals surface area (Å²) in [7, 11) is -8.35. The number of aryl methyl sites for hydroxylation is 1. The lowest BCUT2D eigenvalue weighted by molar-refractivity contribution is 0.416. The number of anilines is 1. The molecule has 4 aromatic carbocycles. The summed E-state index contributed by atoms with van der Waals surface area (Å²) < 4.78 is 71.9. The predicted octanol–water partition coefficient (Wildman–Crippen LogP) is 5.77. The molecule has 0 atom stereocenters. The summed E-state index contributed by atoms with van der Waals surface area (Å²) in [6.07, 6.45) is 0. The molecule has 0 bridgehead atoms. The van der Waals surface area contributed by atoms with Crippen LogP contribution in [-0.4, -0.2) is 38.2 Å². The number of nitrogens with zero attached hydrogens (tertiary/aromatic N) is 4. The summed E-state index contributed by atoms with van der Waals surface area (Å²) >= 11 is 0. The lowest BCUT2D eigenvalue weighted by Crippen LogP contribution is -2.02. The molecule has 4 rings (SSSR count). The van der Waals surface area contributed by atoms with Gasteiger partial charge >= 0.3 is 0 Å². The number of methoxy groups -OCH3 is 1. The number of nitrogens with two attached hydrogens (primary N) is 1. The van der Waals surface area contributed by atoms with Crippen LogP contribution in [-0.2, 0) is 20.2 Å². The van der Waals surface area contributed by atoms with E-state index >= 15 is 0 Å². The Morgan fingerprint density at radius 1 is 0.821 bits per heavy atom. The Hall–Kier alpha value is -4.44. The molecule has 4 aromatic rings. The number of ether oxygens (including phenoxy) is 1. The van der Waals surface area contributed by atoms with Crippen molar-refractivity contribution in [1.82, 2.24) is 0 Å². The minimum absolute atomic E-state index is 0.129. The fourth-order valence-electron chi connectivity index (χ4n) is 3.65. The number of phenols is 1. The lowest BCUT2D eigenvalue weighted by atomic mass is 10.1. The second-order valence-electron chi connectivity index (χ2n) is 8.18. The highest BCUT2D eigenvalue weighted by Crippen LogP contribution is 2.45. The van der Waals surface area contributed by atoms with E-state index in [1.807, 2.05) is 18.2 Å². The molecular formula is C24H21N5O8S2. The van der Waals surface area contributed by atoms with E-state index in [-0.39, 0.29) is 27.9 Å². The molecule has 39 heavy (non-hydrogen) atoms. The fraction of sp³-hybridized carbons (Fsp3) is 0.0833. The number of fused-ring (bicyclic) bond motifs is 1. The molecule has 13 nitrogen and oxygen atoms in total. The number of hydrogen-bond donors (Lipinski definition) is 4. The Balaban J connectivity index is 1.85. The van der Waals surface area contributed by atoms with Gasteiger partial charge in [-0.2, -0.15) is 27.1 Å². The summed E-state index contributed by atoms with van der Waals surface area (Å²) in [4.78, 5) is -1.53. The number of rotatable bonds is 7. The summed E-state index contributed by atoms with van der Waals surface area (Å²) in [5, 5.41) is 26.7. The monoisotopic (exact) mass is 571 g/mol. The van der Waals surface area contributed by atoms with E-state index in [0.29, 0.717) is 16.9 Å². The van der Waals surface area contributed by atoms with Crippen molar-refractivity contribution in [2.75, 3.05) is 12.8 Å². The van der Waals surface area contributed by atoms with E-state index in [9.17, 15) is 31.0 Å². The zero-order valence-corrected chi connectivity index (χ0v) is 22.0. The zero-order chi connectivity index (χ0) is 28.5. The van der Waals surface area contributed by atoms with Gasteiger partial charge in [0.1, 0.15) is 22.0 Å². The zero-order valence-electron chi connectivity index (χ0n) is 20.3. The number of aromatic hydroxyl groups is 1. The Morgan fingerprint density at radius 3 is 2.10 bits per heavy atom. The Labute approximate surface area is 222 Å². The van der Waals surface area contributed by atoms with Crippen LogP contribution in [0.1, 0.15) is 5.56 Å². The maximum absolute atomic E-state index is 12.1. The van der Waals surface area contributed by atoms with Gasteiger partial charge in [-0.25, -0.2) is 0 Å². The minimum atomic E-state index is -5.00. The third-order valence-corrected chi connectivity index (χ3v) is 7.21. The average molecular weight is 572 g/mol. The van der Waals surface area contributed by atoms with Gasteiger partial charge in [-0.3, -0.25) is 9.11 Å². The molecule has 0 saturated heterocycles. The van der Waals surface area contributed by atoms with Crippen molar-refractivity contribution in [3.05, 3.63) is 66.2 Å². The first kappa shape index (κ1) is 27.6. The third kappa shape index (κ3) is 5.85. The molecule has 5 N–H and O–H groups in total. The van der Waals surface area contributed by atoms with Gasteiger partial charge in [-0.15, -0.1) is 10.2 Å². The van der Waals surface area contributed by atoms with E-state index in [2.05, 4.69) is 20.5 Å². The molecule has 0 aromatic heterocycles. The number of benzene rings is 4. The van der Waals surface area contributed by atoms with Gasteiger partial charge in [0.05, 0.1) is 23.4 Å². The van der Waals surface area contributed by atoms with Crippen molar-refractivity contribution < 1.29 is 35.8 Å². The first-order chi connectivity index (χ1) is 18.3. The third-order valence-electron chi connectivity index (χ3n) is 5.51. The molecule has 0 aliphatic heterocycles. The maximum Gasteiger partial charge on any atom is 0.296 e. The van der Waals surface area contributed by atoms with Crippen LogP contribution in [0.4, 0.5) is 28.4 Å². The van der Waals surface area contributed by atoms with Gasteiger partial charge in [-0.05, 0) is 54.3 Å². The standard InChI is InChI=1S/C24H21N5O8S2/c1-13-8-19(20(37-2)12-18(13)27-26-15-6-4-3-5-7-15)28-29-23-21(39(34,35)36)10-14-9-16(38(31,32)33)11-17(25)22(14)24(23)30/h3-12,30H,25H2,1-2H3,(H,31,32,33)(H,34,35,36)/b27-26+,29-28+. The van der Waals surface area contributed by atoms with Crippen LogP contribution in [0.15, 0.2) is 90.9 Å². The van der Waals surface area contributed by atoms with E-state index in [1.54, 1.807) is 25.1 Å². The number of hydrogen-bond acceptors (Lipinski definition) is 11. The van der Waals surface area contributed by atoms with Gasteiger partial charge in [-0.1, -0.05) is 18.2 Å². The molecule has 202 valence electrons. The molecule has 0 spiro atoms. The Morgan fingerprint density at radius 2 is 1.49 bits per heavy atom. The first-order valence-electron chi connectivity index (χ1n) is 10.9. The molecule has 0 amide bonds. The van der Waals surface area contributed by atoms with Gasteiger partial charge in [0.15, 0.2) is 5.75 Å². The predicted molar refractivity (Wildman–Crippen MR) is 142 cm³/mol. The van der Waals surface area contributed by atoms with E-state index in [4.69, 9.17) is 10.5 Å². The largest absolute Gasteiger partial charge is 0.505 e. The van der Waals surface area contributed by atoms with Crippen LogP contribution in [0.2, 0.25) is 0 Å². The minimum Gasteiger partial charge on any atom is -0.505 e. The fourth-order valence-corrected chi connectivity index (χ4v) is 4.86. The molecule has 0 aliphatic carbocycles. The summed E-state index contributed by atoms with van der Waals surface area (Å²) in [5.41, 5.74) is 6.75. The summed E-state index contributed by atoms with van der Waals surface area (Å²) in [5.74, 6) is -0.607. The molecule has 0 heterocycles. The summed E-state index contributed by atoms with van der Waals surface area (Å²) in [6.45, 7) is 1.72. The first-order valence-corrected chi connectivity index (χ1v) is 13.8. The van der Waals surface area contributed by atoms with E-state index in [1.165, 1.54) is 13.2 Å². The molecule has 15 heteroatoms. The Bertz CT molecular complexity index is 1870. The topological polar surface area (TPSA) is 214 Å². The van der Waals surface area contributed by atoms with Crippen molar-refractivity contribution in [2.45, 2.75) is 16.7 Å². The molecule has 0 saturated carbocycles. The maximum atomic E-state index is 12.1. The highest BCUT2D eigenvalue weighted by molar-refractivity contribution is 7.86. The molecule has 0 unspecified atom stereocenters. The average Bonchev–Trinajstić information content (AvgIpc) is 2.86. The molecule has 0 aliphatic rings.